The maximum atomic E-state index is 13.0. The number of hydrogen-bond donors (Lipinski definition) is 1. The summed E-state index contributed by atoms with van der Waals surface area (Å²) in [5, 5.41) is 7.62. The van der Waals surface area contributed by atoms with Crippen LogP contribution in [0.5, 0.6) is 0 Å². The van der Waals surface area contributed by atoms with Crippen LogP contribution >= 0.6 is 23.1 Å². The lowest BCUT2D eigenvalue weighted by molar-refractivity contribution is -0.126. The van der Waals surface area contributed by atoms with Crippen LogP contribution in [0.2, 0.25) is 5.02 Å². The van der Waals surface area contributed by atoms with Crippen LogP contribution < -0.4 is 5.32 Å². The van der Waals surface area contributed by atoms with Gasteiger partial charge in [-0.05, 0) is 55.9 Å². The number of carbonyl (C=O) groups excluding carboxylic acids is 2. The highest BCUT2D eigenvalue weighted by Crippen LogP contribution is 2.29. The number of amides is 2. The first kappa shape index (κ1) is 18.8. The van der Waals surface area contributed by atoms with Crippen molar-refractivity contribution < 1.29 is 9.59 Å². The van der Waals surface area contributed by atoms with Gasteiger partial charge in [0.1, 0.15) is 0 Å². The topological polar surface area (TPSA) is 75.2 Å². The molecule has 1 saturated heterocycles. The first-order valence-electron chi connectivity index (χ1n) is 8.63. The van der Waals surface area contributed by atoms with Crippen LogP contribution in [-0.2, 0) is 4.79 Å². The summed E-state index contributed by atoms with van der Waals surface area (Å²) in [5.41, 5.74) is 1.20. The Balaban J connectivity index is 1.76. The fourth-order valence-electron chi connectivity index (χ4n) is 3.05. The van der Waals surface area contributed by atoms with E-state index in [9.17, 15) is 9.59 Å². The zero-order chi connectivity index (χ0) is 18.7. The van der Waals surface area contributed by atoms with Gasteiger partial charge in [-0.25, -0.2) is 0 Å². The molecule has 1 aromatic heterocycles. The summed E-state index contributed by atoms with van der Waals surface area (Å²) in [6, 6.07) is 7.34. The summed E-state index contributed by atoms with van der Waals surface area (Å²) in [7, 11) is 0. The molecule has 1 atom stereocenters. The minimum atomic E-state index is -0.180. The van der Waals surface area contributed by atoms with Crippen molar-refractivity contribution in [1.29, 1.82) is 0 Å². The molecular formula is C18H21ClN4O2S. The third kappa shape index (κ3) is 4.22. The van der Waals surface area contributed by atoms with Crippen molar-refractivity contribution in [2.24, 2.45) is 5.92 Å². The Morgan fingerprint density at radius 2 is 2.04 bits per heavy atom. The molecule has 1 N–H and O–H groups in total. The summed E-state index contributed by atoms with van der Waals surface area (Å²) in [6.45, 7) is 4.91. The van der Waals surface area contributed by atoms with E-state index in [-0.39, 0.29) is 23.8 Å². The normalized spacial score (nSPS) is 17.4. The van der Waals surface area contributed by atoms with E-state index in [2.05, 4.69) is 14.9 Å². The third-order valence-electron chi connectivity index (χ3n) is 4.31. The molecule has 1 aromatic carbocycles. The SMILES string of the molecule is CC(C)NC(=O)C1CCCN(C(=O)c2nnsc2-c2ccc(Cl)cc2)C1. The zero-order valence-electron chi connectivity index (χ0n) is 14.7. The van der Waals surface area contributed by atoms with Crippen molar-refractivity contribution in [2.45, 2.75) is 32.7 Å². The van der Waals surface area contributed by atoms with E-state index < -0.39 is 0 Å². The molecular weight excluding hydrogens is 372 g/mol. The van der Waals surface area contributed by atoms with E-state index in [1.54, 1.807) is 17.0 Å². The van der Waals surface area contributed by atoms with Gasteiger partial charge in [-0.15, -0.1) is 5.10 Å². The largest absolute Gasteiger partial charge is 0.354 e. The molecule has 0 radical (unpaired) electrons. The van der Waals surface area contributed by atoms with E-state index in [1.807, 2.05) is 26.0 Å². The van der Waals surface area contributed by atoms with Crippen LogP contribution in [0.1, 0.15) is 37.2 Å². The van der Waals surface area contributed by atoms with Gasteiger partial charge >= 0.3 is 0 Å². The number of piperidine rings is 1. The van der Waals surface area contributed by atoms with E-state index in [0.29, 0.717) is 23.8 Å². The zero-order valence-corrected chi connectivity index (χ0v) is 16.3. The van der Waals surface area contributed by atoms with Crippen LogP contribution in [-0.4, -0.2) is 45.4 Å². The van der Waals surface area contributed by atoms with E-state index in [1.165, 1.54) is 11.5 Å². The van der Waals surface area contributed by atoms with E-state index >= 15 is 0 Å². The van der Waals surface area contributed by atoms with Gasteiger partial charge in [-0.1, -0.05) is 28.2 Å². The molecule has 1 aliphatic rings. The molecule has 1 aliphatic heterocycles. The monoisotopic (exact) mass is 392 g/mol. The van der Waals surface area contributed by atoms with Crippen molar-refractivity contribution in [3.8, 4) is 10.4 Å². The molecule has 2 aromatic rings. The smallest absolute Gasteiger partial charge is 0.275 e. The lowest BCUT2D eigenvalue weighted by Gasteiger charge is -2.32. The molecule has 3 rings (SSSR count). The van der Waals surface area contributed by atoms with Crippen LogP contribution in [0, 0.1) is 5.92 Å². The number of hydrogen-bond acceptors (Lipinski definition) is 5. The second kappa shape index (κ2) is 8.14. The van der Waals surface area contributed by atoms with Gasteiger partial charge in [-0.2, -0.15) is 0 Å². The number of nitrogens with one attached hydrogen (secondary N) is 1. The van der Waals surface area contributed by atoms with Crippen molar-refractivity contribution in [3.63, 3.8) is 0 Å². The second-order valence-corrected chi connectivity index (χ2v) is 7.90. The molecule has 138 valence electrons. The number of nitrogens with zero attached hydrogens (tertiary/aromatic N) is 3. The van der Waals surface area contributed by atoms with Crippen molar-refractivity contribution in [2.75, 3.05) is 13.1 Å². The Morgan fingerprint density at radius 3 is 2.73 bits per heavy atom. The van der Waals surface area contributed by atoms with Crippen LogP contribution in [0.3, 0.4) is 0 Å². The van der Waals surface area contributed by atoms with Gasteiger partial charge < -0.3 is 10.2 Å². The van der Waals surface area contributed by atoms with Crippen LogP contribution in [0.15, 0.2) is 24.3 Å². The fraction of sp³-hybridized carbons (Fsp3) is 0.444. The quantitative estimate of drug-likeness (QED) is 0.866. The summed E-state index contributed by atoms with van der Waals surface area (Å²) < 4.78 is 3.96. The molecule has 0 aliphatic carbocycles. The first-order chi connectivity index (χ1) is 12.5. The molecule has 6 nitrogen and oxygen atoms in total. The van der Waals surface area contributed by atoms with Gasteiger partial charge in [-0.3, -0.25) is 9.59 Å². The Labute approximate surface area is 161 Å². The Morgan fingerprint density at radius 1 is 1.31 bits per heavy atom. The molecule has 0 bridgehead atoms. The maximum absolute atomic E-state index is 13.0. The second-order valence-electron chi connectivity index (χ2n) is 6.71. The lowest BCUT2D eigenvalue weighted by atomic mass is 9.96. The highest BCUT2D eigenvalue weighted by atomic mass is 35.5. The summed E-state index contributed by atoms with van der Waals surface area (Å²) in [4.78, 5) is 27.7. The number of aromatic nitrogens is 2. The number of likely N-dealkylation sites (tertiary alicyclic amines) is 1. The molecule has 2 amide bonds. The van der Waals surface area contributed by atoms with E-state index in [4.69, 9.17) is 11.6 Å². The van der Waals surface area contributed by atoms with Gasteiger partial charge in [0.2, 0.25) is 5.91 Å². The van der Waals surface area contributed by atoms with Crippen LogP contribution in [0.25, 0.3) is 10.4 Å². The van der Waals surface area contributed by atoms with Gasteiger partial charge in [0.15, 0.2) is 5.69 Å². The fourth-order valence-corrected chi connectivity index (χ4v) is 3.84. The molecule has 0 saturated carbocycles. The Bertz CT molecular complexity index is 791. The minimum Gasteiger partial charge on any atom is -0.354 e. The van der Waals surface area contributed by atoms with E-state index in [0.717, 1.165) is 23.3 Å². The molecule has 2 heterocycles. The van der Waals surface area contributed by atoms with Gasteiger partial charge in [0.25, 0.3) is 5.91 Å². The Hall–Kier alpha value is -1.99. The maximum Gasteiger partial charge on any atom is 0.275 e. The summed E-state index contributed by atoms with van der Waals surface area (Å²) in [5.74, 6) is -0.349. The van der Waals surface area contributed by atoms with Crippen molar-refractivity contribution in [1.82, 2.24) is 19.8 Å². The minimum absolute atomic E-state index is 0.00632. The average Bonchev–Trinajstić information content (AvgIpc) is 3.11. The average molecular weight is 393 g/mol. The molecule has 26 heavy (non-hydrogen) atoms. The van der Waals surface area contributed by atoms with Gasteiger partial charge in [0, 0.05) is 24.2 Å². The lowest BCUT2D eigenvalue weighted by Crippen LogP contribution is -2.46. The first-order valence-corrected chi connectivity index (χ1v) is 9.78. The highest BCUT2D eigenvalue weighted by molar-refractivity contribution is 7.09. The number of benzene rings is 1. The number of halogens is 1. The Kier molecular flexibility index (Phi) is 5.88. The van der Waals surface area contributed by atoms with Gasteiger partial charge in [0.05, 0.1) is 10.8 Å². The van der Waals surface area contributed by atoms with Crippen molar-refractivity contribution in [3.05, 3.63) is 35.0 Å². The summed E-state index contributed by atoms with van der Waals surface area (Å²) >= 11 is 7.12. The highest BCUT2D eigenvalue weighted by Gasteiger charge is 2.31. The number of carbonyl (C=O) groups is 2. The van der Waals surface area contributed by atoms with Crippen LogP contribution in [0.4, 0.5) is 0 Å². The molecule has 8 heteroatoms. The predicted octanol–water partition coefficient (Wildman–Crippen LogP) is 3.24. The molecule has 1 unspecified atom stereocenters. The standard InChI is InChI=1S/C18H21ClN4O2S/c1-11(2)20-17(24)13-4-3-9-23(10-13)18(25)15-16(26-22-21-15)12-5-7-14(19)8-6-12/h5-8,11,13H,3-4,9-10H2,1-2H3,(H,20,24). The molecule has 0 spiro atoms. The number of rotatable bonds is 4. The molecule has 1 fully saturated rings. The predicted molar refractivity (Wildman–Crippen MR) is 102 cm³/mol. The third-order valence-corrected chi connectivity index (χ3v) is 5.33. The van der Waals surface area contributed by atoms with Crippen molar-refractivity contribution >= 4 is 34.9 Å². The summed E-state index contributed by atoms with van der Waals surface area (Å²) in [6.07, 6.45) is 1.59.